The Morgan fingerprint density at radius 2 is 2.00 bits per heavy atom. The first kappa shape index (κ1) is 16.9. The zero-order valence-corrected chi connectivity index (χ0v) is 13.2. The molecule has 1 aliphatic rings. The van der Waals surface area contributed by atoms with Crippen LogP contribution in [-0.4, -0.2) is 36.9 Å². The van der Waals surface area contributed by atoms with Gasteiger partial charge in [0.25, 0.3) is 0 Å². The average molecular weight is 279 g/mol. The van der Waals surface area contributed by atoms with Crippen LogP contribution in [0.15, 0.2) is 0 Å². The first-order valence-electron chi connectivity index (χ1n) is 7.63. The summed E-state index contributed by atoms with van der Waals surface area (Å²) in [5.41, 5.74) is 0. The van der Waals surface area contributed by atoms with Crippen molar-refractivity contribution in [1.29, 1.82) is 0 Å². The second kappa shape index (κ2) is 7.05. The Labute approximate surface area is 122 Å². The van der Waals surface area contributed by atoms with Gasteiger partial charge in [0.1, 0.15) is 13.6 Å². The molecule has 0 radical (unpaired) electrons. The minimum absolute atomic E-state index is 0.00609. The Bertz CT molecular complexity index is 393. The quantitative estimate of drug-likeness (QED) is 0.386. The Morgan fingerprint density at radius 3 is 2.55 bits per heavy atom. The fraction of sp³-hybridized carbons (Fsp3) is 0.800. The van der Waals surface area contributed by atoms with Crippen molar-refractivity contribution in [3.8, 4) is 0 Å². The van der Waals surface area contributed by atoms with Crippen molar-refractivity contribution in [3.63, 3.8) is 0 Å². The molecule has 2 atom stereocenters. The fourth-order valence-corrected chi connectivity index (χ4v) is 2.60. The third-order valence-electron chi connectivity index (χ3n) is 4.51. The highest BCUT2D eigenvalue weighted by molar-refractivity contribution is 6.19. The standard InChI is InChI=1S/C15H26BNO3/c1-4-15(3,16)12-10-13(19)17(14(12)20)9-7-5-6-8-11(2)18/h12H,4-10,16H2,1-3H3/t12?,15-/m1/s1. The highest BCUT2D eigenvalue weighted by Gasteiger charge is 2.45. The number of nitrogens with zero attached hydrogens (tertiary/aromatic N) is 1. The molecule has 1 saturated heterocycles. The minimum atomic E-state index is -0.169. The van der Waals surface area contributed by atoms with E-state index in [1.807, 2.05) is 0 Å². The summed E-state index contributed by atoms with van der Waals surface area (Å²) in [6.07, 6.45) is 4.36. The van der Waals surface area contributed by atoms with Crippen molar-refractivity contribution in [2.75, 3.05) is 6.54 Å². The summed E-state index contributed by atoms with van der Waals surface area (Å²) in [4.78, 5) is 36.6. The van der Waals surface area contributed by atoms with Gasteiger partial charge in [-0.15, -0.1) is 0 Å². The molecular weight excluding hydrogens is 253 g/mol. The van der Waals surface area contributed by atoms with E-state index in [-0.39, 0.29) is 28.8 Å². The Kier molecular flexibility index (Phi) is 5.96. The second-order valence-corrected chi connectivity index (χ2v) is 6.50. The lowest BCUT2D eigenvalue weighted by Gasteiger charge is -2.28. The topological polar surface area (TPSA) is 54.5 Å². The molecule has 0 saturated carbocycles. The Balaban J connectivity index is 2.45. The van der Waals surface area contributed by atoms with Crippen LogP contribution in [0.25, 0.3) is 0 Å². The van der Waals surface area contributed by atoms with Crippen LogP contribution in [0.2, 0.25) is 5.31 Å². The first-order chi connectivity index (χ1) is 9.29. The van der Waals surface area contributed by atoms with Gasteiger partial charge >= 0.3 is 0 Å². The third kappa shape index (κ3) is 4.19. The summed E-state index contributed by atoms with van der Waals surface area (Å²) < 4.78 is 0. The van der Waals surface area contributed by atoms with Crippen LogP contribution in [0.4, 0.5) is 0 Å². The van der Waals surface area contributed by atoms with Gasteiger partial charge in [0.05, 0.1) is 0 Å². The largest absolute Gasteiger partial charge is 0.300 e. The number of imide groups is 1. The van der Waals surface area contributed by atoms with Crippen LogP contribution >= 0.6 is 0 Å². The number of carbonyl (C=O) groups excluding carboxylic acids is 3. The zero-order chi connectivity index (χ0) is 15.3. The Hall–Kier alpha value is -1.13. The van der Waals surface area contributed by atoms with Crippen LogP contribution in [0.5, 0.6) is 0 Å². The molecule has 0 bridgehead atoms. The van der Waals surface area contributed by atoms with Gasteiger partial charge in [-0.3, -0.25) is 14.5 Å². The number of rotatable bonds is 8. The van der Waals surface area contributed by atoms with E-state index in [1.54, 1.807) is 6.92 Å². The summed E-state index contributed by atoms with van der Waals surface area (Å²) in [5.74, 6) is -0.0122. The molecule has 0 aromatic carbocycles. The maximum atomic E-state index is 12.3. The van der Waals surface area contributed by atoms with Crippen molar-refractivity contribution >= 4 is 25.4 Å². The fourth-order valence-electron chi connectivity index (χ4n) is 2.60. The van der Waals surface area contributed by atoms with Crippen LogP contribution in [0.1, 0.15) is 59.3 Å². The lowest BCUT2D eigenvalue weighted by molar-refractivity contribution is -0.139. The van der Waals surface area contributed by atoms with Gasteiger partial charge in [0.15, 0.2) is 0 Å². The number of hydrogen-bond donors (Lipinski definition) is 0. The average Bonchev–Trinajstić information content (AvgIpc) is 2.66. The minimum Gasteiger partial charge on any atom is -0.300 e. The molecule has 0 N–H and O–H groups in total. The first-order valence-corrected chi connectivity index (χ1v) is 7.63. The van der Waals surface area contributed by atoms with Gasteiger partial charge in [0, 0.05) is 25.3 Å². The molecule has 0 aliphatic carbocycles. The van der Waals surface area contributed by atoms with E-state index in [0.29, 0.717) is 19.4 Å². The normalized spacial score (nSPS) is 22.1. The van der Waals surface area contributed by atoms with E-state index >= 15 is 0 Å². The van der Waals surface area contributed by atoms with Gasteiger partial charge in [-0.2, -0.15) is 0 Å². The van der Waals surface area contributed by atoms with Crippen molar-refractivity contribution in [2.24, 2.45) is 5.92 Å². The lowest BCUT2D eigenvalue weighted by Crippen LogP contribution is -2.34. The van der Waals surface area contributed by atoms with Gasteiger partial charge in [-0.05, 0) is 25.1 Å². The van der Waals surface area contributed by atoms with E-state index in [4.69, 9.17) is 0 Å². The highest BCUT2D eigenvalue weighted by Crippen LogP contribution is 2.42. The summed E-state index contributed by atoms with van der Waals surface area (Å²) in [6, 6.07) is 0. The molecule has 1 heterocycles. The number of hydrogen-bond acceptors (Lipinski definition) is 3. The number of amides is 2. The predicted molar refractivity (Wildman–Crippen MR) is 81.2 cm³/mol. The van der Waals surface area contributed by atoms with E-state index in [1.165, 1.54) is 4.90 Å². The van der Waals surface area contributed by atoms with Crippen molar-refractivity contribution in [3.05, 3.63) is 0 Å². The summed E-state index contributed by atoms with van der Waals surface area (Å²) in [7, 11) is 2.05. The molecule has 4 nitrogen and oxygen atoms in total. The molecule has 20 heavy (non-hydrogen) atoms. The van der Waals surface area contributed by atoms with Gasteiger partial charge in [0.2, 0.25) is 11.8 Å². The third-order valence-corrected chi connectivity index (χ3v) is 4.51. The Morgan fingerprint density at radius 1 is 1.35 bits per heavy atom. The van der Waals surface area contributed by atoms with E-state index in [2.05, 4.69) is 21.7 Å². The second-order valence-electron chi connectivity index (χ2n) is 6.50. The summed E-state index contributed by atoms with van der Waals surface area (Å²) in [5, 5.41) is -0.115. The van der Waals surface area contributed by atoms with Crippen molar-refractivity contribution < 1.29 is 14.4 Å². The number of unbranched alkanes of at least 4 members (excludes halogenated alkanes) is 2. The van der Waals surface area contributed by atoms with Gasteiger partial charge in [-0.25, -0.2) is 0 Å². The molecule has 2 amide bonds. The number of carbonyl (C=O) groups is 3. The predicted octanol–water partition coefficient (Wildman–Crippen LogP) is 1.73. The van der Waals surface area contributed by atoms with Crippen LogP contribution in [0, 0.1) is 5.92 Å². The number of likely N-dealkylation sites (tertiary alicyclic amines) is 1. The SMILES string of the molecule is B[C@](C)(CC)C1CC(=O)N(CCCCCC(C)=O)C1=O. The molecular formula is C15H26BNO3. The molecule has 0 aromatic rings. The van der Waals surface area contributed by atoms with Crippen molar-refractivity contribution in [2.45, 2.75) is 64.6 Å². The monoisotopic (exact) mass is 279 g/mol. The van der Waals surface area contributed by atoms with Crippen molar-refractivity contribution in [1.82, 2.24) is 4.90 Å². The molecule has 112 valence electrons. The molecule has 1 unspecified atom stereocenters. The maximum absolute atomic E-state index is 12.3. The molecule has 5 heteroatoms. The zero-order valence-electron chi connectivity index (χ0n) is 13.2. The summed E-state index contributed by atoms with van der Waals surface area (Å²) in [6.45, 7) is 6.21. The van der Waals surface area contributed by atoms with Crippen LogP contribution in [-0.2, 0) is 14.4 Å². The smallest absolute Gasteiger partial charge is 0.232 e. The molecule has 1 rings (SSSR count). The number of ketones is 1. The van der Waals surface area contributed by atoms with Gasteiger partial charge in [-0.1, -0.05) is 26.7 Å². The molecule has 0 aromatic heterocycles. The van der Waals surface area contributed by atoms with Crippen LogP contribution < -0.4 is 0 Å². The van der Waals surface area contributed by atoms with E-state index < -0.39 is 0 Å². The summed E-state index contributed by atoms with van der Waals surface area (Å²) >= 11 is 0. The number of Topliss-reactive ketones (excluding diaryl/α,β-unsaturated/α-hetero) is 1. The van der Waals surface area contributed by atoms with E-state index in [0.717, 1.165) is 25.7 Å². The molecule has 1 fully saturated rings. The van der Waals surface area contributed by atoms with Gasteiger partial charge < -0.3 is 4.79 Å². The molecule has 0 spiro atoms. The maximum Gasteiger partial charge on any atom is 0.232 e. The highest BCUT2D eigenvalue weighted by atomic mass is 16.2. The van der Waals surface area contributed by atoms with Crippen LogP contribution in [0.3, 0.4) is 0 Å². The molecule has 1 aliphatic heterocycles. The van der Waals surface area contributed by atoms with E-state index in [9.17, 15) is 14.4 Å². The lowest BCUT2D eigenvalue weighted by atomic mass is 9.60.